The number of methoxy groups -OCH3 is 1. The Balaban J connectivity index is 3.13. The van der Waals surface area contributed by atoms with Gasteiger partial charge in [0.1, 0.15) is 11.4 Å². The number of esters is 1. The first-order valence-electron chi connectivity index (χ1n) is 5.16. The van der Waals surface area contributed by atoms with E-state index in [2.05, 4.69) is 20.9 Å². The molecule has 0 saturated heterocycles. The smallest absolute Gasteiger partial charge is 0.310 e. The van der Waals surface area contributed by atoms with Crippen molar-refractivity contribution in [1.82, 2.24) is 4.98 Å². The maximum absolute atomic E-state index is 12.7. The van der Waals surface area contributed by atoms with Crippen LogP contribution in [0.2, 0.25) is 0 Å². The van der Waals surface area contributed by atoms with Crippen molar-refractivity contribution in [2.24, 2.45) is 0 Å². The van der Waals surface area contributed by atoms with Crippen LogP contribution >= 0.6 is 15.9 Å². The predicted molar refractivity (Wildman–Crippen MR) is 63.8 cm³/mol. The Labute approximate surface area is 111 Å². The number of aromatic nitrogens is 1. The number of ether oxygens (including phenoxy) is 2. The number of hydrogen-bond acceptors (Lipinski definition) is 4. The molecule has 1 rings (SSSR count). The molecular formula is C11H12BrF2NO3. The molecule has 7 heteroatoms. The van der Waals surface area contributed by atoms with E-state index in [0.717, 1.165) is 0 Å². The molecule has 100 valence electrons. The molecule has 1 heterocycles. The molecule has 18 heavy (non-hydrogen) atoms. The summed E-state index contributed by atoms with van der Waals surface area (Å²) in [5.74, 6) is -0.248. The van der Waals surface area contributed by atoms with Gasteiger partial charge < -0.3 is 9.47 Å². The SMILES string of the molecule is CCOC(=O)Cc1c(OC)cnc(C(F)F)c1Br. The average molecular weight is 324 g/mol. The lowest BCUT2D eigenvalue weighted by atomic mass is 10.1. The van der Waals surface area contributed by atoms with Gasteiger partial charge in [-0.1, -0.05) is 0 Å². The Bertz CT molecular complexity index is 441. The number of alkyl halides is 2. The number of pyridine rings is 1. The highest BCUT2D eigenvalue weighted by atomic mass is 79.9. The summed E-state index contributed by atoms with van der Waals surface area (Å²) in [4.78, 5) is 15.0. The first-order valence-corrected chi connectivity index (χ1v) is 5.95. The van der Waals surface area contributed by atoms with E-state index < -0.39 is 18.1 Å². The number of carbonyl (C=O) groups is 1. The zero-order chi connectivity index (χ0) is 13.7. The summed E-state index contributed by atoms with van der Waals surface area (Å²) >= 11 is 3.02. The Morgan fingerprint density at radius 1 is 1.56 bits per heavy atom. The minimum Gasteiger partial charge on any atom is -0.495 e. The topological polar surface area (TPSA) is 48.4 Å². The third-order valence-electron chi connectivity index (χ3n) is 2.16. The molecule has 0 saturated carbocycles. The normalized spacial score (nSPS) is 10.6. The van der Waals surface area contributed by atoms with E-state index in [4.69, 9.17) is 9.47 Å². The van der Waals surface area contributed by atoms with Crippen LogP contribution in [0.1, 0.15) is 24.6 Å². The van der Waals surface area contributed by atoms with Crippen LogP contribution in [-0.2, 0) is 16.0 Å². The summed E-state index contributed by atoms with van der Waals surface area (Å²) in [6.07, 6.45) is -1.72. The molecule has 0 spiro atoms. The molecule has 0 amide bonds. The van der Waals surface area contributed by atoms with Crippen LogP contribution in [-0.4, -0.2) is 24.7 Å². The monoisotopic (exact) mass is 323 g/mol. The van der Waals surface area contributed by atoms with Crippen molar-refractivity contribution in [2.45, 2.75) is 19.8 Å². The van der Waals surface area contributed by atoms with Gasteiger partial charge in [-0.15, -0.1) is 0 Å². The fourth-order valence-electron chi connectivity index (χ4n) is 1.37. The van der Waals surface area contributed by atoms with Gasteiger partial charge in [-0.3, -0.25) is 9.78 Å². The summed E-state index contributed by atoms with van der Waals surface area (Å²) < 4.78 is 35.2. The van der Waals surface area contributed by atoms with E-state index >= 15 is 0 Å². The van der Waals surface area contributed by atoms with Crippen molar-refractivity contribution >= 4 is 21.9 Å². The van der Waals surface area contributed by atoms with Crippen LogP contribution in [0.3, 0.4) is 0 Å². The lowest BCUT2D eigenvalue weighted by Gasteiger charge is -2.12. The van der Waals surface area contributed by atoms with E-state index in [1.165, 1.54) is 13.3 Å². The molecule has 0 aliphatic rings. The first kappa shape index (κ1) is 14.8. The van der Waals surface area contributed by atoms with E-state index in [-0.39, 0.29) is 23.2 Å². The second-order valence-corrected chi connectivity index (χ2v) is 4.08. The summed E-state index contributed by atoms with van der Waals surface area (Å²) in [6, 6.07) is 0. The number of hydrogen-bond donors (Lipinski definition) is 0. The highest BCUT2D eigenvalue weighted by Gasteiger charge is 2.21. The minimum atomic E-state index is -2.73. The molecule has 0 fully saturated rings. The van der Waals surface area contributed by atoms with Gasteiger partial charge in [0, 0.05) is 5.56 Å². The quantitative estimate of drug-likeness (QED) is 0.782. The predicted octanol–water partition coefficient (Wildman–Crippen LogP) is 2.90. The Morgan fingerprint density at radius 3 is 2.72 bits per heavy atom. The van der Waals surface area contributed by atoms with E-state index in [1.807, 2.05) is 0 Å². The van der Waals surface area contributed by atoms with Crippen molar-refractivity contribution in [1.29, 1.82) is 0 Å². The van der Waals surface area contributed by atoms with Gasteiger partial charge in [0.05, 0.1) is 30.8 Å². The molecule has 0 atom stereocenters. The molecule has 0 N–H and O–H groups in total. The maximum Gasteiger partial charge on any atom is 0.310 e. The molecule has 0 aliphatic carbocycles. The zero-order valence-electron chi connectivity index (χ0n) is 9.87. The van der Waals surface area contributed by atoms with Gasteiger partial charge in [0.15, 0.2) is 0 Å². The average Bonchev–Trinajstić information content (AvgIpc) is 2.31. The van der Waals surface area contributed by atoms with E-state index in [0.29, 0.717) is 5.56 Å². The van der Waals surface area contributed by atoms with Crippen LogP contribution in [0.25, 0.3) is 0 Å². The maximum atomic E-state index is 12.7. The molecule has 4 nitrogen and oxygen atoms in total. The Kier molecular flexibility index (Phi) is 5.46. The lowest BCUT2D eigenvalue weighted by Crippen LogP contribution is -2.10. The molecule has 0 bridgehead atoms. The van der Waals surface area contributed by atoms with Crippen LogP contribution < -0.4 is 4.74 Å². The summed E-state index contributed by atoms with van der Waals surface area (Å²) in [6.45, 7) is 1.90. The van der Waals surface area contributed by atoms with Gasteiger partial charge in [-0.05, 0) is 22.9 Å². The molecule has 0 aliphatic heterocycles. The number of nitrogens with zero attached hydrogens (tertiary/aromatic N) is 1. The number of carbonyl (C=O) groups excluding carboxylic acids is 1. The van der Waals surface area contributed by atoms with Crippen molar-refractivity contribution < 1.29 is 23.0 Å². The molecule has 0 unspecified atom stereocenters. The number of halogens is 3. The van der Waals surface area contributed by atoms with Crippen LogP contribution in [0, 0.1) is 0 Å². The van der Waals surface area contributed by atoms with Crippen molar-refractivity contribution in [3.8, 4) is 5.75 Å². The van der Waals surface area contributed by atoms with E-state index in [9.17, 15) is 13.6 Å². The second kappa shape index (κ2) is 6.63. The van der Waals surface area contributed by atoms with Crippen molar-refractivity contribution in [2.75, 3.05) is 13.7 Å². The Hall–Kier alpha value is -1.24. The number of rotatable bonds is 5. The summed E-state index contributed by atoms with van der Waals surface area (Å²) in [5.41, 5.74) is -0.114. The third kappa shape index (κ3) is 3.38. The van der Waals surface area contributed by atoms with Gasteiger partial charge in [0.2, 0.25) is 0 Å². The lowest BCUT2D eigenvalue weighted by molar-refractivity contribution is -0.142. The standard InChI is InChI=1S/C11H12BrF2NO3/c1-3-18-8(16)4-6-7(17-2)5-15-10(9(6)12)11(13)14/h5,11H,3-4H2,1-2H3. The Morgan fingerprint density at radius 2 is 2.22 bits per heavy atom. The summed E-state index contributed by atoms with van der Waals surface area (Å²) in [5, 5.41) is 0. The highest BCUT2D eigenvalue weighted by molar-refractivity contribution is 9.10. The highest BCUT2D eigenvalue weighted by Crippen LogP contribution is 2.33. The molecule has 0 aromatic carbocycles. The molecule has 1 aromatic heterocycles. The second-order valence-electron chi connectivity index (χ2n) is 3.29. The van der Waals surface area contributed by atoms with Gasteiger partial charge in [-0.2, -0.15) is 0 Å². The van der Waals surface area contributed by atoms with Gasteiger partial charge in [0.25, 0.3) is 6.43 Å². The molecule has 1 aromatic rings. The largest absolute Gasteiger partial charge is 0.495 e. The van der Waals surface area contributed by atoms with Crippen LogP contribution in [0.4, 0.5) is 8.78 Å². The molecule has 0 radical (unpaired) electrons. The minimum absolute atomic E-state index is 0.0740. The van der Waals surface area contributed by atoms with Crippen molar-refractivity contribution in [3.63, 3.8) is 0 Å². The van der Waals surface area contributed by atoms with E-state index in [1.54, 1.807) is 6.92 Å². The molecular weight excluding hydrogens is 312 g/mol. The zero-order valence-corrected chi connectivity index (χ0v) is 11.5. The van der Waals surface area contributed by atoms with Crippen LogP contribution in [0.15, 0.2) is 10.7 Å². The van der Waals surface area contributed by atoms with Crippen LogP contribution in [0.5, 0.6) is 5.75 Å². The fraction of sp³-hybridized carbons (Fsp3) is 0.455. The van der Waals surface area contributed by atoms with Gasteiger partial charge in [-0.25, -0.2) is 8.78 Å². The van der Waals surface area contributed by atoms with Gasteiger partial charge >= 0.3 is 5.97 Å². The third-order valence-corrected chi connectivity index (χ3v) is 3.05. The fourth-order valence-corrected chi connectivity index (χ4v) is 1.99. The first-order chi connectivity index (χ1) is 8.51. The summed E-state index contributed by atoms with van der Waals surface area (Å²) in [7, 11) is 1.38. The van der Waals surface area contributed by atoms with Crippen molar-refractivity contribution in [3.05, 3.63) is 21.9 Å².